The average molecular weight is 493 g/mol. The van der Waals surface area contributed by atoms with Crippen LogP contribution in [-0.2, 0) is 16.8 Å². The lowest BCUT2D eigenvalue weighted by atomic mass is 9.86. The van der Waals surface area contributed by atoms with E-state index in [2.05, 4.69) is 26.3 Å². The maximum absolute atomic E-state index is 13.4. The van der Waals surface area contributed by atoms with Crippen molar-refractivity contribution in [3.63, 3.8) is 0 Å². The highest BCUT2D eigenvalue weighted by Gasteiger charge is 2.32. The average Bonchev–Trinajstić information content (AvgIpc) is 2.89. The molecule has 0 fully saturated rings. The summed E-state index contributed by atoms with van der Waals surface area (Å²) in [4.78, 5) is 45.8. The Bertz CT molecular complexity index is 1570. The molecule has 10 nitrogen and oxygen atoms in total. The van der Waals surface area contributed by atoms with E-state index in [-0.39, 0.29) is 17.9 Å². The molecule has 0 saturated heterocycles. The van der Waals surface area contributed by atoms with E-state index in [9.17, 15) is 14.9 Å². The molecule has 1 aliphatic heterocycles. The third-order valence-electron chi connectivity index (χ3n) is 6.27. The summed E-state index contributed by atoms with van der Waals surface area (Å²) in [6, 6.07) is 13.2. The predicted molar refractivity (Wildman–Crippen MR) is 139 cm³/mol. The molecule has 184 valence electrons. The smallest absolute Gasteiger partial charge is 0.323 e. The molecule has 0 saturated carbocycles. The molecule has 5 rings (SSSR count). The number of amides is 3. The molecule has 3 amide bonds. The first-order chi connectivity index (χ1) is 17.7. The summed E-state index contributed by atoms with van der Waals surface area (Å²) in [5.41, 5.74) is 4.88. The van der Waals surface area contributed by atoms with Gasteiger partial charge in [-0.1, -0.05) is 12.1 Å². The van der Waals surface area contributed by atoms with Gasteiger partial charge in [0.2, 0.25) is 11.9 Å². The zero-order valence-electron chi connectivity index (χ0n) is 20.9. The Labute approximate surface area is 213 Å². The van der Waals surface area contributed by atoms with Crippen LogP contribution in [0.15, 0.2) is 55.0 Å². The molecule has 3 aromatic heterocycles. The van der Waals surface area contributed by atoms with Crippen LogP contribution in [-0.4, -0.2) is 43.8 Å². The first-order valence-electron chi connectivity index (χ1n) is 11.6. The Kier molecular flexibility index (Phi) is 5.76. The molecule has 0 bridgehead atoms. The van der Waals surface area contributed by atoms with Gasteiger partial charge in [0, 0.05) is 43.7 Å². The number of fused-ring (bicyclic) bond motifs is 3. The van der Waals surface area contributed by atoms with Crippen molar-refractivity contribution in [1.29, 1.82) is 5.26 Å². The van der Waals surface area contributed by atoms with Crippen LogP contribution in [0.4, 0.5) is 22.1 Å². The molecule has 1 aliphatic rings. The Morgan fingerprint density at radius 1 is 1.05 bits per heavy atom. The summed E-state index contributed by atoms with van der Waals surface area (Å²) in [6.07, 6.45) is 4.94. The molecule has 0 aliphatic carbocycles. The monoisotopic (exact) mass is 492 g/mol. The summed E-state index contributed by atoms with van der Waals surface area (Å²) in [5, 5.41) is 12.0. The topological polar surface area (TPSA) is 128 Å². The number of pyridine rings is 2. The highest BCUT2D eigenvalue weighted by molar-refractivity contribution is 6.08. The number of benzene rings is 1. The molecule has 1 aromatic carbocycles. The Morgan fingerprint density at radius 3 is 2.41 bits per heavy atom. The van der Waals surface area contributed by atoms with Gasteiger partial charge < -0.3 is 4.90 Å². The van der Waals surface area contributed by atoms with Crippen molar-refractivity contribution in [2.24, 2.45) is 0 Å². The van der Waals surface area contributed by atoms with Gasteiger partial charge in [-0.05, 0) is 43.7 Å². The molecule has 0 spiro atoms. The van der Waals surface area contributed by atoms with Crippen LogP contribution in [0.3, 0.4) is 0 Å². The minimum atomic E-state index is -0.649. The van der Waals surface area contributed by atoms with Crippen molar-refractivity contribution in [3.05, 3.63) is 66.1 Å². The highest BCUT2D eigenvalue weighted by atomic mass is 16.2. The molecule has 37 heavy (non-hydrogen) atoms. The zero-order valence-corrected chi connectivity index (χ0v) is 20.9. The molecule has 10 heteroatoms. The van der Waals surface area contributed by atoms with E-state index >= 15 is 0 Å². The van der Waals surface area contributed by atoms with Crippen LogP contribution in [0.2, 0.25) is 0 Å². The molecular weight excluding hydrogens is 468 g/mol. The van der Waals surface area contributed by atoms with E-state index in [1.54, 1.807) is 35.4 Å². The van der Waals surface area contributed by atoms with E-state index in [1.807, 2.05) is 50.2 Å². The van der Waals surface area contributed by atoms with E-state index < -0.39 is 5.41 Å². The molecule has 0 atom stereocenters. The minimum absolute atomic E-state index is 0.192. The first kappa shape index (κ1) is 23.8. The van der Waals surface area contributed by atoms with Gasteiger partial charge in [-0.15, -0.1) is 0 Å². The van der Waals surface area contributed by atoms with Crippen LogP contribution in [0.5, 0.6) is 0 Å². The summed E-state index contributed by atoms with van der Waals surface area (Å²) < 4.78 is 0. The maximum atomic E-state index is 13.4. The van der Waals surface area contributed by atoms with Gasteiger partial charge >= 0.3 is 6.03 Å². The molecule has 0 radical (unpaired) electrons. The lowest BCUT2D eigenvalue weighted by Crippen LogP contribution is -2.42. The number of aromatic nitrogens is 4. The fourth-order valence-corrected chi connectivity index (χ4v) is 4.22. The number of hydrogen-bond acceptors (Lipinski definition) is 7. The standard InChI is InChI=1S/C27H24N8O2/c1-16(36)32-25-30-11-17(12-31-25)21-9-10-22-23(33-21)24-18(13-29-22)14-34(4)26(37)35(24)20-7-5-19(6-8-20)27(2,3)15-28/h5-13H,14H2,1-4H3,(H,30,31,32,36). The number of nitriles is 1. The quantitative estimate of drug-likeness (QED) is 0.442. The van der Waals surface area contributed by atoms with Gasteiger partial charge in [-0.2, -0.15) is 5.26 Å². The fourth-order valence-electron chi connectivity index (χ4n) is 4.22. The van der Waals surface area contributed by atoms with Crippen LogP contribution < -0.4 is 10.2 Å². The van der Waals surface area contributed by atoms with Gasteiger partial charge in [-0.25, -0.2) is 19.7 Å². The zero-order chi connectivity index (χ0) is 26.3. The van der Waals surface area contributed by atoms with Gasteiger partial charge in [-0.3, -0.25) is 20.0 Å². The Balaban J connectivity index is 1.63. The lowest BCUT2D eigenvalue weighted by molar-refractivity contribution is -0.114. The fraction of sp³-hybridized carbons (Fsp3) is 0.222. The minimum Gasteiger partial charge on any atom is -0.323 e. The number of hydrogen-bond donors (Lipinski definition) is 1. The number of rotatable bonds is 4. The summed E-state index contributed by atoms with van der Waals surface area (Å²) in [7, 11) is 1.74. The van der Waals surface area contributed by atoms with Crippen molar-refractivity contribution >= 4 is 40.3 Å². The van der Waals surface area contributed by atoms with Gasteiger partial charge in [0.25, 0.3) is 0 Å². The van der Waals surface area contributed by atoms with Crippen molar-refractivity contribution in [3.8, 4) is 17.3 Å². The summed E-state index contributed by atoms with van der Waals surface area (Å²) in [5.74, 6) is -0.0489. The molecule has 4 aromatic rings. The molecular formula is C27H24N8O2. The van der Waals surface area contributed by atoms with Gasteiger partial charge in [0.05, 0.1) is 40.6 Å². The largest absolute Gasteiger partial charge is 0.329 e. The van der Waals surface area contributed by atoms with Crippen molar-refractivity contribution < 1.29 is 9.59 Å². The SMILES string of the molecule is CC(=O)Nc1ncc(-c2ccc3ncc4c(c3n2)N(c2ccc(C(C)(C)C#N)cc2)C(=O)N(C)C4)cn1. The van der Waals surface area contributed by atoms with E-state index in [0.717, 1.165) is 11.1 Å². The third kappa shape index (κ3) is 4.31. The second-order valence-corrected chi connectivity index (χ2v) is 9.43. The normalized spacial score (nSPS) is 13.3. The second-order valence-electron chi connectivity index (χ2n) is 9.43. The summed E-state index contributed by atoms with van der Waals surface area (Å²) >= 11 is 0. The number of nitrogens with one attached hydrogen (secondary N) is 1. The second kappa shape index (κ2) is 8.95. The maximum Gasteiger partial charge on any atom is 0.329 e. The van der Waals surface area contributed by atoms with Crippen LogP contribution in [0.1, 0.15) is 31.9 Å². The highest BCUT2D eigenvalue weighted by Crippen LogP contribution is 2.39. The number of carbonyl (C=O) groups is 2. The van der Waals surface area contributed by atoms with Gasteiger partial charge in [0.1, 0.15) is 5.52 Å². The number of urea groups is 1. The lowest BCUT2D eigenvalue weighted by Gasteiger charge is -2.35. The van der Waals surface area contributed by atoms with Crippen LogP contribution >= 0.6 is 0 Å². The predicted octanol–water partition coefficient (Wildman–Crippen LogP) is 4.55. The number of nitrogens with zero attached hydrogens (tertiary/aromatic N) is 7. The van der Waals surface area contributed by atoms with E-state index in [0.29, 0.717) is 40.2 Å². The Morgan fingerprint density at radius 2 is 1.76 bits per heavy atom. The molecule has 0 unspecified atom stereocenters. The first-order valence-corrected chi connectivity index (χ1v) is 11.6. The van der Waals surface area contributed by atoms with E-state index in [4.69, 9.17) is 4.98 Å². The summed E-state index contributed by atoms with van der Waals surface area (Å²) in [6.45, 7) is 5.50. The van der Waals surface area contributed by atoms with Gasteiger partial charge in [0.15, 0.2) is 0 Å². The third-order valence-corrected chi connectivity index (χ3v) is 6.27. The van der Waals surface area contributed by atoms with Crippen LogP contribution in [0, 0.1) is 11.3 Å². The number of carbonyl (C=O) groups excluding carboxylic acids is 2. The molecule has 1 N–H and O–H groups in total. The number of anilines is 3. The van der Waals surface area contributed by atoms with E-state index in [1.165, 1.54) is 6.92 Å². The van der Waals surface area contributed by atoms with Crippen molar-refractivity contribution in [2.75, 3.05) is 17.3 Å². The van der Waals surface area contributed by atoms with Crippen molar-refractivity contribution in [1.82, 2.24) is 24.8 Å². The van der Waals surface area contributed by atoms with Crippen molar-refractivity contribution in [2.45, 2.75) is 32.7 Å². The Hall–Kier alpha value is -4.91. The molecule has 4 heterocycles. The van der Waals surface area contributed by atoms with Crippen LogP contribution in [0.25, 0.3) is 22.3 Å².